The van der Waals surface area contributed by atoms with Crippen LogP contribution in [0.5, 0.6) is 5.75 Å². The summed E-state index contributed by atoms with van der Waals surface area (Å²) < 4.78 is 60.2. The Bertz CT molecular complexity index is 1580. The van der Waals surface area contributed by atoms with E-state index < -0.39 is 23.6 Å². The van der Waals surface area contributed by atoms with Crippen molar-refractivity contribution in [2.24, 2.45) is 0 Å². The Kier molecular flexibility index (Phi) is 10.5. The molecule has 1 atom stereocenters. The van der Waals surface area contributed by atoms with Crippen LogP contribution in [-0.4, -0.2) is 66.7 Å². The van der Waals surface area contributed by atoms with Gasteiger partial charge in [0.25, 0.3) is 0 Å². The van der Waals surface area contributed by atoms with Gasteiger partial charge in [-0.2, -0.15) is 13.2 Å². The van der Waals surface area contributed by atoms with Crippen molar-refractivity contribution < 1.29 is 31.9 Å². The van der Waals surface area contributed by atoms with Crippen LogP contribution < -0.4 is 25.3 Å². The number of hydrogen-bond acceptors (Lipinski definition) is 9. The summed E-state index contributed by atoms with van der Waals surface area (Å²) in [5.41, 5.74) is 0.905. The van der Waals surface area contributed by atoms with Crippen LogP contribution in [0, 0.1) is 5.82 Å². The lowest BCUT2D eigenvalue weighted by molar-refractivity contribution is -0.137. The quantitative estimate of drug-likeness (QED) is 0.173. The highest BCUT2D eigenvalue weighted by Crippen LogP contribution is 2.41. The molecule has 0 aliphatic carbocycles. The summed E-state index contributed by atoms with van der Waals surface area (Å²) in [4.78, 5) is 31.5. The third kappa shape index (κ3) is 7.76. The van der Waals surface area contributed by atoms with Crippen LogP contribution in [0.3, 0.4) is 0 Å². The molecule has 3 heterocycles. The first-order valence-corrected chi connectivity index (χ1v) is 15.6. The summed E-state index contributed by atoms with van der Waals surface area (Å²) in [5, 5.41) is 7.49. The Balaban J connectivity index is 1.41. The van der Waals surface area contributed by atoms with Crippen molar-refractivity contribution >= 4 is 34.6 Å². The number of benzene rings is 2. The zero-order valence-electron chi connectivity index (χ0n) is 26.6. The third-order valence-electron chi connectivity index (χ3n) is 8.57. The van der Waals surface area contributed by atoms with E-state index in [1.54, 1.807) is 19.2 Å². The lowest BCUT2D eigenvalue weighted by Crippen LogP contribution is -2.45. The Hall–Kier alpha value is -4.43. The van der Waals surface area contributed by atoms with Crippen molar-refractivity contribution in [2.45, 2.75) is 51.4 Å². The molecule has 252 valence electrons. The molecule has 10 nitrogen and oxygen atoms in total. The van der Waals surface area contributed by atoms with Gasteiger partial charge in [-0.25, -0.2) is 19.4 Å². The van der Waals surface area contributed by atoms with E-state index in [2.05, 4.69) is 50.8 Å². The number of nitrogens with zero attached hydrogens (tertiary/aromatic N) is 5. The minimum atomic E-state index is -4.70. The van der Waals surface area contributed by atoms with Gasteiger partial charge in [-0.05, 0) is 61.8 Å². The van der Waals surface area contributed by atoms with Gasteiger partial charge in [0.1, 0.15) is 23.7 Å². The van der Waals surface area contributed by atoms with E-state index in [-0.39, 0.29) is 23.9 Å². The number of anilines is 5. The first-order valence-electron chi connectivity index (χ1n) is 15.6. The molecule has 2 fully saturated rings. The molecule has 14 heteroatoms. The number of alkyl halides is 3. The summed E-state index contributed by atoms with van der Waals surface area (Å²) in [5.74, 6) is -0.276. The SMILES string of the molecule is C=CC(=O)Nc1cc(Nc2cc(N3OCCC3c3cc(F)cc(C(F)(F)F)c3)ncn2)c(OC)cc1N1CCC(N(CC)CC)CC1. The molecule has 2 aliphatic heterocycles. The van der Waals surface area contributed by atoms with Crippen molar-refractivity contribution in [1.82, 2.24) is 14.9 Å². The van der Waals surface area contributed by atoms with Gasteiger partial charge < -0.3 is 25.2 Å². The molecule has 2 saturated heterocycles. The maximum atomic E-state index is 14.2. The molecule has 1 unspecified atom stereocenters. The number of aromatic nitrogens is 2. The summed E-state index contributed by atoms with van der Waals surface area (Å²) >= 11 is 0. The normalized spacial score (nSPS) is 17.2. The summed E-state index contributed by atoms with van der Waals surface area (Å²) in [6.07, 6.45) is 0.0664. The maximum Gasteiger partial charge on any atom is 0.416 e. The minimum Gasteiger partial charge on any atom is -0.494 e. The van der Waals surface area contributed by atoms with Crippen LogP contribution in [-0.2, 0) is 15.8 Å². The van der Waals surface area contributed by atoms with Gasteiger partial charge in [-0.1, -0.05) is 20.4 Å². The first kappa shape index (κ1) is 33.9. The molecule has 5 rings (SSSR count). The van der Waals surface area contributed by atoms with E-state index in [0.717, 1.165) is 56.8 Å². The Morgan fingerprint density at radius 1 is 1.09 bits per heavy atom. The second-order valence-electron chi connectivity index (χ2n) is 11.3. The molecular formula is C33H39F4N7O3. The molecular weight excluding hydrogens is 618 g/mol. The van der Waals surface area contributed by atoms with Crippen molar-refractivity contribution in [1.29, 1.82) is 0 Å². The number of hydrogen-bond donors (Lipinski definition) is 2. The van der Waals surface area contributed by atoms with Gasteiger partial charge in [0, 0.05) is 37.7 Å². The van der Waals surface area contributed by atoms with Gasteiger partial charge in [-0.3, -0.25) is 9.63 Å². The predicted octanol–water partition coefficient (Wildman–Crippen LogP) is 6.70. The standard InChI is InChI=1S/C33H39F4N7O3/c1-5-32(45)41-25-17-26(29(46-4)18-28(25)43-11-8-24(9-12-43)42(6-2)7-3)40-30-19-31(39-20-38-30)44-27(10-13-47-44)21-14-22(33(35,36)37)16-23(34)15-21/h5,14-20,24,27H,1,6-13H2,2-4H3,(H,41,45)(H,38,39,40). The fourth-order valence-corrected chi connectivity index (χ4v) is 6.23. The fourth-order valence-electron chi connectivity index (χ4n) is 6.23. The fraction of sp³-hybridized carbons (Fsp3) is 0.424. The van der Waals surface area contributed by atoms with Gasteiger partial charge in [0.15, 0.2) is 5.82 Å². The topological polar surface area (TPSA) is 95.1 Å². The van der Waals surface area contributed by atoms with E-state index >= 15 is 0 Å². The number of carbonyl (C=O) groups excluding carboxylic acids is 1. The number of methoxy groups -OCH3 is 1. The lowest BCUT2D eigenvalue weighted by atomic mass is 10.0. The minimum absolute atomic E-state index is 0.115. The number of nitrogens with one attached hydrogen (secondary N) is 2. The number of ether oxygens (including phenoxy) is 1. The highest BCUT2D eigenvalue weighted by atomic mass is 19.4. The summed E-state index contributed by atoms with van der Waals surface area (Å²) in [6, 6.07) is 7.43. The first-order chi connectivity index (χ1) is 22.5. The summed E-state index contributed by atoms with van der Waals surface area (Å²) in [7, 11) is 1.54. The highest BCUT2D eigenvalue weighted by molar-refractivity contribution is 6.02. The molecule has 2 N–H and O–H groups in total. The molecule has 47 heavy (non-hydrogen) atoms. The number of hydroxylamine groups is 1. The maximum absolute atomic E-state index is 14.2. The predicted molar refractivity (Wildman–Crippen MR) is 172 cm³/mol. The molecule has 2 aromatic carbocycles. The molecule has 2 aliphatic rings. The van der Waals surface area contributed by atoms with Crippen LogP contribution >= 0.6 is 0 Å². The van der Waals surface area contributed by atoms with Crippen LogP contribution in [0.4, 0.5) is 46.3 Å². The van der Waals surface area contributed by atoms with Crippen molar-refractivity contribution in [2.75, 3.05) is 60.5 Å². The van der Waals surface area contributed by atoms with Gasteiger partial charge in [-0.15, -0.1) is 0 Å². The van der Waals surface area contributed by atoms with E-state index in [9.17, 15) is 22.4 Å². The van der Waals surface area contributed by atoms with Gasteiger partial charge in [0.05, 0.1) is 42.4 Å². The number of halogens is 4. The Morgan fingerprint density at radius 3 is 2.49 bits per heavy atom. The highest BCUT2D eigenvalue weighted by Gasteiger charge is 2.35. The van der Waals surface area contributed by atoms with Crippen molar-refractivity contribution in [3.05, 3.63) is 72.3 Å². The lowest BCUT2D eigenvalue weighted by Gasteiger charge is -2.39. The van der Waals surface area contributed by atoms with E-state index in [1.165, 1.54) is 17.5 Å². The van der Waals surface area contributed by atoms with Crippen molar-refractivity contribution in [3.8, 4) is 5.75 Å². The monoisotopic (exact) mass is 657 g/mol. The smallest absolute Gasteiger partial charge is 0.416 e. The van der Waals surface area contributed by atoms with Gasteiger partial charge in [0.2, 0.25) is 5.91 Å². The molecule has 0 bridgehead atoms. The van der Waals surface area contributed by atoms with Crippen LogP contribution in [0.1, 0.15) is 50.3 Å². The van der Waals surface area contributed by atoms with E-state index in [0.29, 0.717) is 41.5 Å². The van der Waals surface area contributed by atoms with Crippen LogP contribution in [0.25, 0.3) is 0 Å². The number of carbonyl (C=O) groups is 1. The second kappa shape index (κ2) is 14.6. The summed E-state index contributed by atoms with van der Waals surface area (Å²) in [6.45, 7) is 11.7. The number of amides is 1. The van der Waals surface area contributed by atoms with Crippen LogP contribution in [0.15, 0.2) is 55.4 Å². The largest absolute Gasteiger partial charge is 0.494 e. The van der Waals surface area contributed by atoms with Crippen molar-refractivity contribution in [3.63, 3.8) is 0 Å². The van der Waals surface area contributed by atoms with Gasteiger partial charge >= 0.3 is 6.18 Å². The molecule has 0 saturated carbocycles. The molecule has 3 aromatic rings. The van der Waals surface area contributed by atoms with Crippen LogP contribution in [0.2, 0.25) is 0 Å². The molecule has 1 amide bonds. The number of rotatable bonds is 11. The number of piperidine rings is 1. The third-order valence-corrected chi connectivity index (χ3v) is 8.57. The molecule has 0 radical (unpaired) electrons. The zero-order chi connectivity index (χ0) is 33.7. The zero-order valence-corrected chi connectivity index (χ0v) is 26.6. The Labute approximate surface area is 271 Å². The molecule has 0 spiro atoms. The second-order valence-corrected chi connectivity index (χ2v) is 11.3. The van der Waals surface area contributed by atoms with E-state index in [4.69, 9.17) is 9.57 Å². The molecule has 1 aromatic heterocycles. The Morgan fingerprint density at radius 2 is 1.83 bits per heavy atom. The van der Waals surface area contributed by atoms with E-state index in [1.807, 2.05) is 6.07 Å². The average molecular weight is 658 g/mol. The average Bonchev–Trinajstić information content (AvgIpc) is 3.56.